The first-order chi connectivity index (χ1) is 11.1. The monoisotopic (exact) mass is 340 g/mol. The number of methoxy groups -OCH3 is 1. The molecule has 0 unspecified atom stereocenters. The predicted molar refractivity (Wildman–Crippen MR) is 88.1 cm³/mol. The fraction of sp³-hybridized carbons (Fsp3) is 0.235. The Bertz CT molecular complexity index is 717. The van der Waals surface area contributed by atoms with Crippen LogP contribution in [-0.4, -0.2) is 24.2 Å². The Morgan fingerprint density at radius 2 is 1.92 bits per heavy atom. The molecule has 130 valence electrons. The fourth-order valence-corrected chi connectivity index (χ4v) is 2.07. The summed E-state index contributed by atoms with van der Waals surface area (Å²) >= 11 is 0. The molecule has 1 aromatic rings. The average molecular weight is 340 g/mol. The number of aliphatic imine (C=N–C) groups is 1. The Hall–Kier alpha value is -2.70. The van der Waals surface area contributed by atoms with Gasteiger partial charge in [0.2, 0.25) is 0 Å². The minimum Gasteiger partial charge on any atom is -0.507 e. The van der Waals surface area contributed by atoms with E-state index in [0.717, 1.165) is 6.08 Å². The Balaban J connectivity index is 3.22. The molecular weight excluding hydrogens is 321 g/mol. The highest BCUT2D eigenvalue weighted by Crippen LogP contribution is 2.34. The molecule has 0 atom stereocenters. The van der Waals surface area contributed by atoms with E-state index >= 15 is 0 Å². The van der Waals surface area contributed by atoms with Crippen LogP contribution in [0.4, 0.5) is 13.2 Å². The molecule has 0 aliphatic heterocycles. The summed E-state index contributed by atoms with van der Waals surface area (Å²) in [7, 11) is 1.43. The number of benzene rings is 1. The smallest absolute Gasteiger partial charge is 0.416 e. The molecule has 3 N–H and O–H groups in total. The highest BCUT2D eigenvalue weighted by Gasteiger charge is 2.35. The standard InChI is InChI=1S/C17H19F3N2O2/c1-5-12(14(6-2)17(18,19)20)10(3)22-16(21)13-8-7-11(24-4)9-15(13)23/h5-9,23H,3H2,1-2,4H3,(H2,21,22)/b12-5-,14-6+. The fourth-order valence-electron chi connectivity index (χ4n) is 2.07. The summed E-state index contributed by atoms with van der Waals surface area (Å²) in [5.41, 5.74) is 4.77. The zero-order chi connectivity index (χ0) is 18.5. The summed E-state index contributed by atoms with van der Waals surface area (Å²) in [4.78, 5) is 3.91. The maximum Gasteiger partial charge on any atom is 0.416 e. The lowest BCUT2D eigenvalue weighted by atomic mass is 10.0. The molecule has 1 rings (SSSR count). The Labute approximate surface area is 138 Å². The minimum atomic E-state index is -4.54. The summed E-state index contributed by atoms with van der Waals surface area (Å²) in [5.74, 6) is 0.0509. The number of phenols is 1. The summed E-state index contributed by atoms with van der Waals surface area (Å²) in [6, 6.07) is 4.32. The van der Waals surface area contributed by atoms with Crippen molar-refractivity contribution in [1.29, 1.82) is 0 Å². The highest BCUT2D eigenvalue weighted by atomic mass is 19.4. The summed E-state index contributed by atoms with van der Waals surface area (Å²) in [6.07, 6.45) is -2.33. The molecule has 24 heavy (non-hydrogen) atoms. The van der Waals surface area contributed by atoms with Crippen LogP contribution in [0.5, 0.6) is 11.5 Å². The van der Waals surface area contributed by atoms with Gasteiger partial charge in [0.1, 0.15) is 17.3 Å². The first kappa shape index (κ1) is 19.3. The van der Waals surface area contributed by atoms with Crippen LogP contribution < -0.4 is 10.5 Å². The van der Waals surface area contributed by atoms with E-state index in [9.17, 15) is 18.3 Å². The van der Waals surface area contributed by atoms with Crippen molar-refractivity contribution in [3.05, 3.63) is 59.3 Å². The molecule has 0 heterocycles. The molecule has 0 saturated carbocycles. The van der Waals surface area contributed by atoms with Crippen LogP contribution in [-0.2, 0) is 0 Å². The van der Waals surface area contributed by atoms with E-state index < -0.39 is 11.7 Å². The first-order valence-corrected chi connectivity index (χ1v) is 6.96. The number of phenolic OH excluding ortho intramolecular Hbond substituents is 1. The van der Waals surface area contributed by atoms with Gasteiger partial charge in [-0.15, -0.1) is 0 Å². The molecule has 0 aliphatic carbocycles. The molecule has 0 aliphatic rings. The number of ether oxygens (including phenoxy) is 1. The molecule has 0 spiro atoms. The van der Waals surface area contributed by atoms with Gasteiger partial charge in [0, 0.05) is 11.6 Å². The normalized spacial score (nSPS) is 13.8. The van der Waals surface area contributed by atoms with Gasteiger partial charge in [-0.1, -0.05) is 18.7 Å². The quantitative estimate of drug-likeness (QED) is 0.482. The molecule has 0 fully saturated rings. The van der Waals surface area contributed by atoms with Gasteiger partial charge in [0.25, 0.3) is 0 Å². The lowest BCUT2D eigenvalue weighted by Crippen LogP contribution is -2.17. The molecule has 0 aromatic heterocycles. The second kappa shape index (κ2) is 7.72. The molecule has 0 saturated heterocycles. The minimum absolute atomic E-state index is 0.155. The number of hydrogen-bond acceptors (Lipinski definition) is 3. The predicted octanol–water partition coefficient (Wildman–Crippen LogP) is 4.07. The lowest BCUT2D eigenvalue weighted by molar-refractivity contribution is -0.0892. The van der Waals surface area contributed by atoms with Crippen molar-refractivity contribution in [2.75, 3.05) is 7.11 Å². The molecular formula is C17H19F3N2O2. The molecule has 1 aromatic carbocycles. The average Bonchev–Trinajstić information content (AvgIpc) is 2.50. The largest absolute Gasteiger partial charge is 0.507 e. The highest BCUT2D eigenvalue weighted by molar-refractivity contribution is 6.00. The van der Waals surface area contributed by atoms with Gasteiger partial charge in [-0.05, 0) is 26.0 Å². The van der Waals surface area contributed by atoms with Crippen LogP contribution in [0.1, 0.15) is 19.4 Å². The van der Waals surface area contributed by atoms with Crippen LogP contribution in [0.3, 0.4) is 0 Å². The Kier molecular flexibility index (Phi) is 6.22. The molecule has 0 amide bonds. The van der Waals surface area contributed by atoms with Gasteiger partial charge in [0.05, 0.1) is 23.9 Å². The topological polar surface area (TPSA) is 67.8 Å². The number of allylic oxidation sites excluding steroid dienone is 3. The van der Waals surface area contributed by atoms with Crippen molar-refractivity contribution < 1.29 is 23.0 Å². The van der Waals surface area contributed by atoms with Gasteiger partial charge >= 0.3 is 6.18 Å². The first-order valence-electron chi connectivity index (χ1n) is 6.96. The number of aromatic hydroxyl groups is 1. The van der Waals surface area contributed by atoms with E-state index in [2.05, 4.69) is 11.6 Å². The number of amidine groups is 1. The third kappa shape index (κ3) is 4.41. The summed E-state index contributed by atoms with van der Waals surface area (Å²) in [6.45, 7) is 6.28. The van der Waals surface area contributed by atoms with Crippen LogP contribution in [0.2, 0.25) is 0 Å². The number of rotatable bonds is 5. The number of nitrogens with two attached hydrogens (primary N) is 1. The molecule has 0 bridgehead atoms. The second-order valence-corrected chi connectivity index (χ2v) is 4.73. The van der Waals surface area contributed by atoms with Crippen molar-refractivity contribution in [2.45, 2.75) is 20.0 Å². The van der Waals surface area contributed by atoms with Gasteiger partial charge in [-0.3, -0.25) is 0 Å². The number of hydrogen-bond donors (Lipinski definition) is 2. The van der Waals surface area contributed by atoms with Crippen molar-refractivity contribution >= 4 is 5.84 Å². The molecule has 7 heteroatoms. The number of nitrogens with zero attached hydrogens (tertiary/aromatic N) is 1. The lowest BCUT2D eigenvalue weighted by Gasteiger charge is -2.15. The van der Waals surface area contributed by atoms with Crippen LogP contribution >= 0.6 is 0 Å². The van der Waals surface area contributed by atoms with E-state index in [1.165, 1.54) is 39.2 Å². The second-order valence-electron chi connectivity index (χ2n) is 4.73. The maximum atomic E-state index is 13.0. The van der Waals surface area contributed by atoms with E-state index in [1.807, 2.05) is 0 Å². The summed E-state index contributed by atoms with van der Waals surface area (Å²) in [5, 5.41) is 9.91. The van der Waals surface area contributed by atoms with Crippen molar-refractivity contribution in [2.24, 2.45) is 10.7 Å². The van der Waals surface area contributed by atoms with Gasteiger partial charge in [-0.2, -0.15) is 13.2 Å². The molecule has 0 radical (unpaired) electrons. The van der Waals surface area contributed by atoms with E-state index in [0.29, 0.717) is 5.75 Å². The Morgan fingerprint density at radius 1 is 1.29 bits per heavy atom. The van der Waals surface area contributed by atoms with Gasteiger partial charge in [0.15, 0.2) is 0 Å². The van der Waals surface area contributed by atoms with Crippen molar-refractivity contribution in [3.8, 4) is 11.5 Å². The third-order valence-electron chi connectivity index (χ3n) is 3.22. The zero-order valence-electron chi connectivity index (χ0n) is 13.6. The number of alkyl halides is 3. The van der Waals surface area contributed by atoms with Crippen LogP contribution in [0.25, 0.3) is 0 Å². The van der Waals surface area contributed by atoms with E-state index in [1.54, 1.807) is 6.07 Å². The van der Waals surface area contributed by atoms with Gasteiger partial charge < -0.3 is 15.6 Å². The maximum absolute atomic E-state index is 13.0. The van der Waals surface area contributed by atoms with Crippen LogP contribution in [0, 0.1) is 0 Å². The molecule has 4 nitrogen and oxygen atoms in total. The third-order valence-corrected chi connectivity index (χ3v) is 3.22. The zero-order valence-corrected chi connectivity index (χ0v) is 13.6. The van der Waals surface area contributed by atoms with Gasteiger partial charge in [-0.25, -0.2) is 4.99 Å². The summed E-state index contributed by atoms with van der Waals surface area (Å²) < 4.78 is 44.1. The van der Waals surface area contributed by atoms with Crippen LogP contribution in [0.15, 0.2) is 58.8 Å². The SMILES string of the molecule is C=C(N=C(N)c1ccc(OC)cc1O)C(=C/C)/C(=C\C)C(F)(F)F. The van der Waals surface area contributed by atoms with E-state index in [-0.39, 0.29) is 28.4 Å². The number of halogens is 3. The van der Waals surface area contributed by atoms with Crippen molar-refractivity contribution in [3.63, 3.8) is 0 Å². The van der Waals surface area contributed by atoms with E-state index in [4.69, 9.17) is 10.5 Å². The Morgan fingerprint density at radius 3 is 2.33 bits per heavy atom. The van der Waals surface area contributed by atoms with Crippen molar-refractivity contribution in [1.82, 2.24) is 0 Å².